The molecule has 2 aliphatic rings. The number of rotatable bonds is 6. The molecule has 23 nitrogen and oxygen atoms in total. The van der Waals surface area contributed by atoms with Gasteiger partial charge in [0.15, 0.2) is 12.5 Å². The summed E-state index contributed by atoms with van der Waals surface area (Å²) in [6.07, 6.45) is -7.16. The number of phosphoric acid groups is 2. The summed E-state index contributed by atoms with van der Waals surface area (Å²) in [5.74, 6) is 0. The Hall–Kier alpha value is -2.70. The van der Waals surface area contributed by atoms with Gasteiger partial charge in [-0.2, -0.15) is 4.31 Å². The number of H-pyrrole nitrogens is 2. The van der Waals surface area contributed by atoms with Gasteiger partial charge in [0.1, 0.15) is 36.6 Å². The topological polar surface area (TPSA) is 374 Å². The number of hydrogen-bond acceptors (Lipinski definition) is 15. The lowest BCUT2D eigenvalue weighted by molar-refractivity contribution is -0.0550. The fraction of sp³-hybridized carbons (Fsp3) is 0.556. The number of nitrogens with zero attached hydrogens (tertiary/aromatic N) is 2. The van der Waals surface area contributed by atoms with Crippen LogP contribution in [0.5, 0.6) is 0 Å². The van der Waals surface area contributed by atoms with Crippen molar-refractivity contribution >= 4 is 15.6 Å². The van der Waals surface area contributed by atoms with Crippen molar-refractivity contribution in [2.75, 3.05) is 13.2 Å². The van der Waals surface area contributed by atoms with Crippen LogP contribution in [0.25, 0.3) is 0 Å². The number of aromatic amines is 2. The summed E-state index contributed by atoms with van der Waals surface area (Å²) in [4.78, 5) is 79.6. The molecular weight excluding hydrogens is 638 g/mol. The SMILES string of the molecule is O=P(O)(O)OP(=O)(O)O.O=c1ccn([C@@H]2O[C@H](CO)[C@@H](O)[C@H]2O)c(=O)[nH]1.O=c1ccn([C@@H]2O[C@H](CO)[C@@H](O)[C@H]2O)c(=O)[nH]1. The lowest BCUT2D eigenvalue weighted by Crippen LogP contribution is -2.37. The van der Waals surface area contributed by atoms with E-state index in [0.29, 0.717) is 0 Å². The van der Waals surface area contributed by atoms with Gasteiger partial charge in [-0.3, -0.25) is 28.7 Å². The average Bonchev–Trinajstić information content (AvgIpc) is 3.32. The lowest BCUT2D eigenvalue weighted by Gasteiger charge is -2.16. The van der Waals surface area contributed by atoms with Crippen LogP contribution < -0.4 is 22.5 Å². The highest BCUT2D eigenvalue weighted by atomic mass is 31.3. The summed E-state index contributed by atoms with van der Waals surface area (Å²) in [6, 6.07) is 2.19. The number of aliphatic hydroxyl groups is 6. The molecule has 2 aliphatic heterocycles. The fourth-order valence-electron chi connectivity index (χ4n) is 3.61. The van der Waals surface area contributed by atoms with E-state index in [1.54, 1.807) is 0 Å². The van der Waals surface area contributed by atoms with Crippen molar-refractivity contribution in [3.63, 3.8) is 0 Å². The Morgan fingerprint density at radius 3 is 1.21 bits per heavy atom. The van der Waals surface area contributed by atoms with Crippen molar-refractivity contribution in [2.45, 2.75) is 49.1 Å². The van der Waals surface area contributed by atoms with Crippen LogP contribution in [0, 0.1) is 0 Å². The standard InChI is InChI=1S/2C9H12N2O6.H4O7P2/c2*12-3-4-6(14)7(15)8(17-4)11-2-1-5(13)10-9(11)16;1-8(2,3)7-9(4,5)6/h2*1-2,4,6-8,12,14-15H,3H2,(H,10,13,16);(H2,1,2,3)(H2,4,5,6)/t2*4-,6-,7-,8-;/m11./s1. The van der Waals surface area contributed by atoms with Gasteiger partial charge in [-0.1, -0.05) is 0 Å². The van der Waals surface area contributed by atoms with Crippen LogP contribution in [-0.4, -0.2) is 119 Å². The molecule has 2 aromatic rings. The van der Waals surface area contributed by atoms with E-state index >= 15 is 0 Å². The normalized spacial score (nSPS) is 28.9. The van der Waals surface area contributed by atoms with Crippen LogP contribution in [0.15, 0.2) is 43.7 Å². The minimum Gasteiger partial charge on any atom is -0.394 e. The maximum atomic E-state index is 11.4. The zero-order chi connectivity index (χ0) is 32.9. The zero-order valence-corrected chi connectivity index (χ0v) is 23.1. The second-order valence-corrected chi connectivity index (χ2v) is 11.2. The van der Waals surface area contributed by atoms with E-state index < -0.39 is 100 Å². The molecule has 0 unspecified atom stereocenters. The molecule has 43 heavy (non-hydrogen) atoms. The molecule has 4 rings (SSSR count). The van der Waals surface area contributed by atoms with Gasteiger partial charge in [-0.15, -0.1) is 0 Å². The predicted octanol–water partition coefficient (Wildman–Crippen LogP) is -6.52. The van der Waals surface area contributed by atoms with Crippen molar-refractivity contribution in [2.24, 2.45) is 0 Å². The summed E-state index contributed by atoms with van der Waals surface area (Å²) in [6.45, 7) is -0.959. The smallest absolute Gasteiger partial charge is 0.394 e. The second kappa shape index (κ2) is 14.9. The molecule has 2 saturated heterocycles. The summed E-state index contributed by atoms with van der Waals surface area (Å²) in [7, 11) is -10.1. The van der Waals surface area contributed by atoms with Gasteiger partial charge in [-0.05, 0) is 0 Å². The van der Waals surface area contributed by atoms with Crippen LogP contribution in [-0.2, 0) is 22.9 Å². The average molecular weight is 666 g/mol. The first kappa shape index (κ1) is 36.5. The van der Waals surface area contributed by atoms with Crippen molar-refractivity contribution < 1.29 is 73.1 Å². The highest BCUT2D eigenvalue weighted by Gasteiger charge is 2.44. The predicted molar refractivity (Wildman–Crippen MR) is 134 cm³/mol. The van der Waals surface area contributed by atoms with Gasteiger partial charge < -0.3 is 59.7 Å². The van der Waals surface area contributed by atoms with Crippen LogP contribution in [0.2, 0.25) is 0 Å². The van der Waals surface area contributed by atoms with E-state index in [9.17, 15) is 48.7 Å². The van der Waals surface area contributed by atoms with Crippen LogP contribution in [0.3, 0.4) is 0 Å². The highest BCUT2D eigenvalue weighted by Crippen LogP contribution is 2.53. The maximum Gasteiger partial charge on any atom is 0.478 e. The van der Waals surface area contributed by atoms with Gasteiger partial charge in [0.05, 0.1) is 13.2 Å². The molecule has 0 amide bonds. The molecule has 2 fully saturated rings. The van der Waals surface area contributed by atoms with Gasteiger partial charge in [0.25, 0.3) is 11.1 Å². The number of ether oxygens (including phenoxy) is 2. The second-order valence-electron chi connectivity index (χ2n) is 8.56. The molecule has 25 heteroatoms. The molecular formula is C18H28N4O19P2. The molecule has 12 N–H and O–H groups in total. The first-order valence-corrected chi connectivity index (χ1v) is 14.6. The van der Waals surface area contributed by atoms with E-state index in [-0.39, 0.29) is 0 Å². The lowest BCUT2D eigenvalue weighted by atomic mass is 10.1. The molecule has 0 saturated carbocycles. The van der Waals surface area contributed by atoms with Crippen LogP contribution in [0.1, 0.15) is 12.5 Å². The highest BCUT2D eigenvalue weighted by molar-refractivity contribution is 7.60. The third-order valence-corrected chi connectivity index (χ3v) is 7.20. The Morgan fingerprint density at radius 1 is 0.674 bits per heavy atom. The van der Waals surface area contributed by atoms with Crippen molar-refractivity contribution in [1.29, 1.82) is 0 Å². The van der Waals surface area contributed by atoms with E-state index in [0.717, 1.165) is 33.7 Å². The van der Waals surface area contributed by atoms with Gasteiger partial charge >= 0.3 is 27.0 Å². The molecule has 2 aromatic heterocycles. The summed E-state index contributed by atoms with van der Waals surface area (Å²) in [5.41, 5.74) is -2.66. The van der Waals surface area contributed by atoms with E-state index in [1.165, 1.54) is 0 Å². The Labute approximate surface area is 236 Å². The molecule has 244 valence electrons. The first-order chi connectivity index (χ1) is 19.8. The first-order valence-electron chi connectivity index (χ1n) is 11.5. The largest absolute Gasteiger partial charge is 0.478 e. The zero-order valence-electron chi connectivity index (χ0n) is 21.3. The summed E-state index contributed by atoms with van der Waals surface area (Å²) >= 11 is 0. The van der Waals surface area contributed by atoms with Gasteiger partial charge in [0, 0.05) is 24.5 Å². The van der Waals surface area contributed by atoms with E-state index in [1.807, 2.05) is 9.97 Å². The van der Waals surface area contributed by atoms with E-state index in [2.05, 4.69) is 4.31 Å². The molecule has 0 aromatic carbocycles. The van der Waals surface area contributed by atoms with Gasteiger partial charge in [0.2, 0.25) is 0 Å². The number of hydrogen-bond donors (Lipinski definition) is 12. The van der Waals surface area contributed by atoms with Crippen molar-refractivity contribution in [3.05, 3.63) is 66.2 Å². The molecule has 0 bridgehead atoms. The molecule has 0 radical (unpaired) electrons. The molecule has 0 spiro atoms. The minimum atomic E-state index is -5.05. The maximum absolute atomic E-state index is 11.4. The number of nitrogens with one attached hydrogen (secondary N) is 2. The molecule has 0 aliphatic carbocycles. The van der Waals surface area contributed by atoms with Gasteiger partial charge in [-0.25, -0.2) is 18.7 Å². The van der Waals surface area contributed by atoms with Crippen LogP contribution >= 0.6 is 15.6 Å². The van der Waals surface area contributed by atoms with Crippen molar-refractivity contribution in [3.8, 4) is 0 Å². The number of aliphatic hydroxyl groups excluding tert-OH is 6. The Bertz CT molecular complexity index is 1430. The minimum absolute atomic E-state index is 0.479. The summed E-state index contributed by atoms with van der Waals surface area (Å²) < 4.78 is 34.4. The quantitative estimate of drug-likeness (QED) is 0.127. The summed E-state index contributed by atoms with van der Waals surface area (Å²) in [5, 5.41) is 56.1. The fourth-order valence-corrected chi connectivity index (χ4v) is 4.72. The van der Waals surface area contributed by atoms with E-state index in [4.69, 9.17) is 39.3 Å². The number of aromatic nitrogens is 4. The third kappa shape index (κ3) is 10.2. The monoisotopic (exact) mass is 666 g/mol. The molecule has 4 heterocycles. The molecule has 8 atom stereocenters. The Balaban J connectivity index is 0.000000238. The third-order valence-electron chi connectivity index (χ3n) is 5.50. The van der Waals surface area contributed by atoms with Crippen LogP contribution in [0.4, 0.5) is 0 Å². The van der Waals surface area contributed by atoms with Crippen molar-refractivity contribution in [1.82, 2.24) is 19.1 Å². The Morgan fingerprint density at radius 2 is 1.00 bits per heavy atom. The Kier molecular flexibility index (Phi) is 12.6.